The summed E-state index contributed by atoms with van der Waals surface area (Å²) in [7, 11) is 0. The van der Waals surface area contributed by atoms with Gasteiger partial charge in [0.2, 0.25) is 5.91 Å². The summed E-state index contributed by atoms with van der Waals surface area (Å²) in [6.07, 6.45) is 1.94. The van der Waals surface area contributed by atoms with Gasteiger partial charge in [0, 0.05) is 13.0 Å². The highest BCUT2D eigenvalue weighted by Gasteiger charge is 2.08. The van der Waals surface area contributed by atoms with Gasteiger partial charge in [0.05, 0.1) is 13.0 Å². The van der Waals surface area contributed by atoms with E-state index < -0.39 is 0 Å². The van der Waals surface area contributed by atoms with Crippen LogP contribution in [-0.2, 0) is 27.3 Å². The van der Waals surface area contributed by atoms with Gasteiger partial charge in [-0.15, -0.1) is 0 Å². The average molecular weight is 339 g/mol. The molecule has 4 heteroatoms. The first-order valence-electron chi connectivity index (χ1n) is 8.65. The highest BCUT2D eigenvalue weighted by atomic mass is 16.5. The standard InChI is InChI=1S/C21H25NO3/c1-17-9-11-19(12-10-17)16-22-20(23)13-14-21(24)25-15-5-8-18-6-3-2-4-7-18/h2-4,6-7,9-12H,5,8,13-16H2,1H3,(H,22,23). The Morgan fingerprint density at radius 3 is 2.36 bits per heavy atom. The normalized spacial score (nSPS) is 10.3. The SMILES string of the molecule is Cc1ccc(CNC(=O)CCC(=O)OCCCc2ccccc2)cc1. The Labute approximate surface area is 149 Å². The minimum absolute atomic E-state index is 0.116. The summed E-state index contributed by atoms with van der Waals surface area (Å²) >= 11 is 0. The fraction of sp³-hybridized carbons (Fsp3) is 0.333. The van der Waals surface area contributed by atoms with Crippen molar-refractivity contribution in [3.63, 3.8) is 0 Å². The zero-order valence-corrected chi connectivity index (χ0v) is 14.7. The van der Waals surface area contributed by atoms with Crippen molar-refractivity contribution in [1.29, 1.82) is 0 Å². The molecule has 0 heterocycles. The minimum atomic E-state index is -0.321. The van der Waals surface area contributed by atoms with Crippen molar-refractivity contribution in [3.8, 4) is 0 Å². The maximum absolute atomic E-state index is 11.8. The summed E-state index contributed by atoms with van der Waals surface area (Å²) in [6.45, 7) is 2.89. The average Bonchev–Trinajstić information content (AvgIpc) is 2.64. The van der Waals surface area contributed by atoms with E-state index in [-0.39, 0.29) is 24.7 Å². The molecule has 0 aliphatic rings. The van der Waals surface area contributed by atoms with Crippen LogP contribution in [0.25, 0.3) is 0 Å². The van der Waals surface area contributed by atoms with Crippen molar-refractivity contribution in [2.75, 3.05) is 6.61 Å². The zero-order valence-electron chi connectivity index (χ0n) is 14.7. The predicted molar refractivity (Wildman–Crippen MR) is 98.0 cm³/mol. The van der Waals surface area contributed by atoms with Crippen molar-refractivity contribution < 1.29 is 14.3 Å². The van der Waals surface area contributed by atoms with Gasteiger partial charge < -0.3 is 10.1 Å². The van der Waals surface area contributed by atoms with Gasteiger partial charge in [-0.05, 0) is 30.9 Å². The van der Waals surface area contributed by atoms with Gasteiger partial charge in [-0.3, -0.25) is 9.59 Å². The summed E-state index contributed by atoms with van der Waals surface area (Å²) in [5, 5.41) is 2.82. The maximum atomic E-state index is 11.8. The third-order valence-corrected chi connectivity index (χ3v) is 3.88. The van der Waals surface area contributed by atoms with Gasteiger partial charge in [-0.25, -0.2) is 0 Å². The van der Waals surface area contributed by atoms with Crippen LogP contribution in [0.4, 0.5) is 0 Å². The predicted octanol–water partition coefficient (Wildman–Crippen LogP) is 3.57. The van der Waals surface area contributed by atoms with Gasteiger partial charge in [-0.1, -0.05) is 60.2 Å². The fourth-order valence-electron chi connectivity index (χ4n) is 2.39. The highest BCUT2D eigenvalue weighted by Crippen LogP contribution is 2.04. The Bertz CT molecular complexity index is 665. The van der Waals surface area contributed by atoms with Crippen LogP contribution >= 0.6 is 0 Å². The van der Waals surface area contributed by atoms with Crippen molar-refractivity contribution in [1.82, 2.24) is 5.32 Å². The Hall–Kier alpha value is -2.62. The molecule has 1 amide bonds. The van der Waals surface area contributed by atoms with Crippen molar-refractivity contribution in [2.24, 2.45) is 0 Å². The number of carbonyl (C=O) groups is 2. The van der Waals surface area contributed by atoms with Gasteiger partial charge in [0.15, 0.2) is 0 Å². The largest absolute Gasteiger partial charge is 0.466 e. The smallest absolute Gasteiger partial charge is 0.306 e. The number of aryl methyl sites for hydroxylation is 2. The van der Waals surface area contributed by atoms with E-state index in [0.29, 0.717) is 13.2 Å². The lowest BCUT2D eigenvalue weighted by Gasteiger charge is -2.07. The number of nitrogens with one attached hydrogen (secondary N) is 1. The van der Waals surface area contributed by atoms with Gasteiger partial charge >= 0.3 is 5.97 Å². The summed E-state index contributed by atoms with van der Waals surface area (Å²) in [4.78, 5) is 23.5. The first kappa shape index (κ1) is 18.7. The molecular formula is C21H25NO3. The third kappa shape index (κ3) is 7.66. The molecule has 2 rings (SSSR count). The molecule has 4 nitrogen and oxygen atoms in total. The number of ether oxygens (including phenoxy) is 1. The molecule has 0 unspecified atom stereocenters. The van der Waals surface area contributed by atoms with Crippen LogP contribution in [0.3, 0.4) is 0 Å². The molecule has 0 fully saturated rings. The Kier molecular flexibility index (Phi) is 7.70. The quantitative estimate of drug-likeness (QED) is 0.561. The lowest BCUT2D eigenvalue weighted by molar-refractivity contribution is -0.145. The van der Waals surface area contributed by atoms with Crippen molar-refractivity contribution in [2.45, 2.75) is 39.2 Å². The molecule has 0 saturated carbocycles. The zero-order chi connectivity index (χ0) is 17.9. The molecular weight excluding hydrogens is 314 g/mol. The second-order valence-corrected chi connectivity index (χ2v) is 6.07. The van der Waals surface area contributed by atoms with Crippen LogP contribution in [0, 0.1) is 6.92 Å². The van der Waals surface area contributed by atoms with E-state index in [0.717, 1.165) is 18.4 Å². The van der Waals surface area contributed by atoms with Crippen LogP contribution in [0.15, 0.2) is 54.6 Å². The van der Waals surface area contributed by atoms with E-state index in [1.807, 2.05) is 49.4 Å². The topological polar surface area (TPSA) is 55.4 Å². The molecule has 0 radical (unpaired) electrons. The first-order valence-corrected chi connectivity index (χ1v) is 8.65. The van der Waals surface area contributed by atoms with E-state index in [1.165, 1.54) is 11.1 Å². The highest BCUT2D eigenvalue weighted by molar-refractivity contribution is 5.81. The summed E-state index contributed by atoms with van der Waals surface area (Å²) in [6, 6.07) is 18.1. The van der Waals surface area contributed by atoms with E-state index >= 15 is 0 Å². The summed E-state index contributed by atoms with van der Waals surface area (Å²) in [5.41, 5.74) is 3.46. The van der Waals surface area contributed by atoms with E-state index in [1.54, 1.807) is 0 Å². The number of hydrogen-bond acceptors (Lipinski definition) is 3. The van der Waals surface area contributed by atoms with Crippen LogP contribution in [0.5, 0.6) is 0 Å². The van der Waals surface area contributed by atoms with E-state index in [2.05, 4.69) is 17.4 Å². The molecule has 0 aliphatic carbocycles. The van der Waals surface area contributed by atoms with E-state index in [9.17, 15) is 9.59 Å². The van der Waals surface area contributed by atoms with Crippen molar-refractivity contribution >= 4 is 11.9 Å². The molecule has 0 aromatic heterocycles. The monoisotopic (exact) mass is 339 g/mol. The van der Waals surface area contributed by atoms with Crippen LogP contribution in [-0.4, -0.2) is 18.5 Å². The number of carbonyl (C=O) groups excluding carboxylic acids is 2. The van der Waals surface area contributed by atoms with E-state index in [4.69, 9.17) is 4.74 Å². The molecule has 0 saturated heterocycles. The minimum Gasteiger partial charge on any atom is -0.466 e. The molecule has 2 aromatic carbocycles. The fourth-order valence-corrected chi connectivity index (χ4v) is 2.39. The van der Waals surface area contributed by atoms with Gasteiger partial charge in [-0.2, -0.15) is 0 Å². The molecule has 0 aliphatic heterocycles. The molecule has 0 spiro atoms. The van der Waals surface area contributed by atoms with Crippen LogP contribution in [0.1, 0.15) is 36.0 Å². The Balaban J connectivity index is 1.54. The number of amides is 1. The Morgan fingerprint density at radius 2 is 1.64 bits per heavy atom. The first-order chi connectivity index (χ1) is 12.1. The lowest BCUT2D eigenvalue weighted by Crippen LogP contribution is -2.23. The van der Waals surface area contributed by atoms with Crippen LogP contribution < -0.4 is 5.32 Å². The number of hydrogen-bond donors (Lipinski definition) is 1. The van der Waals surface area contributed by atoms with Gasteiger partial charge in [0.25, 0.3) is 0 Å². The molecule has 0 bridgehead atoms. The molecule has 0 atom stereocenters. The van der Waals surface area contributed by atoms with Crippen molar-refractivity contribution in [3.05, 3.63) is 71.3 Å². The number of benzene rings is 2. The molecule has 2 aromatic rings. The second kappa shape index (κ2) is 10.3. The second-order valence-electron chi connectivity index (χ2n) is 6.07. The molecule has 1 N–H and O–H groups in total. The van der Waals surface area contributed by atoms with Gasteiger partial charge in [0.1, 0.15) is 0 Å². The Morgan fingerprint density at radius 1 is 0.920 bits per heavy atom. The maximum Gasteiger partial charge on any atom is 0.306 e. The molecule has 132 valence electrons. The third-order valence-electron chi connectivity index (χ3n) is 3.88. The van der Waals surface area contributed by atoms with Crippen LogP contribution in [0.2, 0.25) is 0 Å². The lowest BCUT2D eigenvalue weighted by atomic mass is 10.1. The summed E-state index contributed by atoms with van der Waals surface area (Å²) in [5.74, 6) is -0.458. The number of rotatable bonds is 9. The molecule has 25 heavy (non-hydrogen) atoms. The number of esters is 1. The summed E-state index contributed by atoms with van der Waals surface area (Å²) < 4.78 is 5.17.